The summed E-state index contributed by atoms with van der Waals surface area (Å²) in [5.74, 6) is -1.05. The van der Waals surface area contributed by atoms with E-state index in [0.29, 0.717) is 16.4 Å². The van der Waals surface area contributed by atoms with Crippen LogP contribution >= 0.6 is 23.2 Å². The number of carbonyl (C=O) groups excluding carboxylic acids is 2. The van der Waals surface area contributed by atoms with Gasteiger partial charge in [-0.05, 0) is 24.3 Å². The van der Waals surface area contributed by atoms with Crippen LogP contribution in [-0.4, -0.2) is 16.8 Å². The molecule has 4 N–H and O–H groups in total. The number of aromatic nitrogens is 1. The first-order valence-corrected chi connectivity index (χ1v) is 5.97. The third-order valence-electron chi connectivity index (χ3n) is 2.38. The van der Waals surface area contributed by atoms with Gasteiger partial charge in [0, 0.05) is 11.9 Å². The van der Waals surface area contributed by atoms with Crippen molar-refractivity contribution in [3.8, 4) is 0 Å². The Bertz CT molecular complexity index is 652. The topological polar surface area (TPSA) is 88.0 Å². The molecule has 0 aliphatic carbocycles. The SMILES string of the molecule is NC(=O)c1cc(NC(=O)c2cc(Cl)c[nH]2)ccc1Cl. The molecule has 1 heterocycles. The number of halogens is 2. The van der Waals surface area contributed by atoms with Crippen LogP contribution in [0.25, 0.3) is 0 Å². The van der Waals surface area contributed by atoms with Gasteiger partial charge in [0.2, 0.25) is 5.91 Å². The van der Waals surface area contributed by atoms with Crippen molar-refractivity contribution in [2.75, 3.05) is 5.32 Å². The lowest BCUT2D eigenvalue weighted by molar-refractivity contribution is 0.0995. The second-order valence-electron chi connectivity index (χ2n) is 3.74. The van der Waals surface area contributed by atoms with Crippen molar-refractivity contribution in [3.05, 3.63) is 51.8 Å². The highest BCUT2D eigenvalue weighted by Gasteiger charge is 2.11. The van der Waals surface area contributed by atoms with Crippen molar-refractivity contribution in [3.63, 3.8) is 0 Å². The zero-order valence-electron chi connectivity index (χ0n) is 9.54. The Morgan fingerprint density at radius 2 is 1.95 bits per heavy atom. The Balaban J connectivity index is 2.22. The Morgan fingerprint density at radius 1 is 1.21 bits per heavy atom. The first kappa shape index (κ1) is 13.5. The fourth-order valence-electron chi connectivity index (χ4n) is 1.49. The van der Waals surface area contributed by atoms with Crippen LogP contribution in [0, 0.1) is 0 Å². The predicted molar refractivity (Wildman–Crippen MR) is 73.7 cm³/mol. The molecule has 0 bridgehead atoms. The summed E-state index contributed by atoms with van der Waals surface area (Å²) in [4.78, 5) is 25.7. The van der Waals surface area contributed by atoms with Crippen molar-refractivity contribution in [2.45, 2.75) is 0 Å². The number of nitrogens with one attached hydrogen (secondary N) is 2. The lowest BCUT2D eigenvalue weighted by Crippen LogP contribution is -2.15. The normalized spacial score (nSPS) is 10.2. The lowest BCUT2D eigenvalue weighted by atomic mass is 10.2. The number of benzene rings is 1. The van der Waals surface area contributed by atoms with E-state index in [4.69, 9.17) is 28.9 Å². The van der Waals surface area contributed by atoms with Crippen molar-refractivity contribution < 1.29 is 9.59 Å². The van der Waals surface area contributed by atoms with Crippen LogP contribution in [-0.2, 0) is 0 Å². The summed E-state index contributed by atoms with van der Waals surface area (Å²) >= 11 is 11.5. The predicted octanol–water partition coefficient (Wildman–Crippen LogP) is 2.67. The van der Waals surface area contributed by atoms with Gasteiger partial charge in [-0.1, -0.05) is 23.2 Å². The molecule has 0 spiro atoms. The molecule has 0 aliphatic rings. The van der Waals surface area contributed by atoms with E-state index in [2.05, 4.69) is 10.3 Å². The minimum atomic E-state index is -0.663. The Hall–Kier alpha value is -1.98. The quantitative estimate of drug-likeness (QED) is 0.813. The molecule has 5 nitrogen and oxygen atoms in total. The molecule has 2 amide bonds. The number of hydrogen-bond donors (Lipinski definition) is 3. The monoisotopic (exact) mass is 297 g/mol. The van der Waals surface area contributed by atoms with Crippen LogP contribution in [0.1, 0.15) is 20.8 Å². The molecule has 0 radical (unpaired) electrons. The van der Waals surface area contributed by atoms with Crippen molar-refractivity contribution in [2.24, 2.45) is 5.73 Å². The minimum Gasteiger partial charge on any atom is -0.366 e. The first-order valence-electron chi connectivity index (χ1n) is 5.22. The molecule has 0 saturated carbocycles. The number of anilines is 1. The average Bonchev–Trinajstić information content (AvgIpc) is 2.78. The summed E-state index contributed by atoms with van der Waals surface area (Å²) in [5.41, 5.74) is 6.03. The highest BCUT2D eigenvalue weighted by Crippen LogP contribution is 2.21. The lowest BCUT2D eigenvalue weighted by Gasteiger charge is -2.06. The maximum absolute atomic E-state index is 11.8. The Morgan fingerprint density at radius 3 is 2.53 bits per heavy atom. The van der Waals surface area contributed by atoms with Crippen LogP contribution in [0.2, 0.25) is 10.0 Å². The number of H-pyrrole nitrogens is 1. The van der Waals surface area contributed by atoms with Gasteiger partial charge in [0.1, 0.15) is 5.69 Å². The van der Waals surface area contributed by atoms with E-state index in [-0.39, 0.29) is 16.5 Å². The Labute approximate surface area is 118 Å². The van der Waals surface area contributed by atoms with Gasteiger partial charge < -0.3 is 16.0 Å². The van der Waals surface area contributed by atoms with Gasteiger partial charge in [-0.25, -0.2) is 0 Å². The molecular formula is C12H9Cl2N3O2. The number of hydrogen-bond acceptors (Lipinski definition) is 2. The molecule has 2 aromatic rings. The smallest absolute Gasteiger partial charge is 0.272 e. The summed E-state index contributed by atoms with van der Waals surface area (Å²) in [5, 5.41) is 3.26. The Kier molecular flexibility index (Phi) is 3.78. The van der Waals surface area contributed by atoms with Crippen molar-refractivity contribution in [1.82, 2.24) is 4.98 Å². The van der Waals surface area contributed by atoms with Crippen molar-refractivity contribution in [1.29, 1.82) is 0 Å². The highest BCUT2D eigenvalue weighted by molar-refractivity contribution is 6.34. The standard InChI is InChI=1S/C12H9Cl2N3O2/c13-6-3-10(16-5-6)12(19)17-7-1-2-9(14)8(4-7)11(15)18/h1-5,16H,(H2,15,18)(H,17,19). The van der Waals surface area contributed by atoms with Crippen LogP contribution < -0.4 is 11.1 Å². The maximum Gasteiger partial charge on any atom is 0.272 e. The largest absolute Gasteiger partial charge is 0.366 e. The number of nitrogens with two attached hydrogens (primary N) is 1. The summed E-state index contributed by atoms with van der Waals surface area (Å²) in [6, 6.07) is 5.95. The number of carbonyl (C=O) groups is 2. The van der Waals surface area contributed by atoms with E-state index >= 15 is 0 Å². The molecule has 0 fully saturated rings. The molecule has 98 valence electrons. The molecule has 1 aromatic heterocycles. The van der Waals surface area contributed by atoms with Crippen LogP contribution in [0.4, 0.5) is 5.69 Å². The molecule has 19 heavy (non-hydrogen) atoms. The second-order valence-corrected chi connectivity index (χ2v) is 4.59. The molecule has 0 atom stereocenters. The average molecular weight is 298 g/mol. The second kappa shape index (κ2) is 5.34. The number of primary amides is 1. The van der Waals surface area contributed by atoms with E-state index in [1.165, 1.54) is 24.4 Å². The van der Waals surface area contributed by atoms with E-state index in [1.54, 1.807) is 6.07 Å². The van der Waals surface area contributed by atoms with E-state index in [0.717, 1.165) is 0 Å². The first-order chi connectivity index (χ1) is 8.97. The molecule has 0 saturated heterocycles. The molecule has 0 unspecified atom stereocenters. The summed E-state index contributed by atoms with van der Waals surface area (Å²) < 4.78 is 0. The van der Waals surface area contributed by atoms with Gasteiger partial charge in [-0.15, -0.1) is 0 Å². The summed E-state index contributed by atoms with van der Waals surface area (Å²) in [7, 11) is 0. The summed E-state index contributed by atoms with van der Waals surface area (Å²) in [6.45, 7) is 0. The van der Waals surface area contributed by atoms with Gasteiger partial charge in [-0.3, -0.25) is 9.59 Å². The fourth-order valence-corrected chi connectivity index (χ4v) is 1.86. The van der Waals surface area contributed by atoms with Crippen molar-refractivity contribution >= 4 is 40.7 Å². The minimum absolute atomic E-state index is 0.143. The van der Waals surface area contributed by atoms with Crippen LogP contribution in [0.5, 0.6) is 0 Å². The van der Waals surface area contributed by atoms with Gasteiger partial charge in [-0.2, -0.15) is 0 Å². The van der Waals surface area contributed by atoms with E-state index in [9.17, 15) is 9.59 Å². The molecule has 7 heteroatoms. The molecule has 0 aliphatic heterocycles. The third kappa shape index (κ3) is 3.07. The number of amides is 2. The number of aromatic amines is 1. The third-order valence-corrected chi connectivity index (χ3v) is 2.93. The highest BCUT2D eigenvalue weighted by atomic mass is 35.5. The molecule has 1 aromatic carbocycles. The zero-order chi connectivity index (χ0) is 14.0. The maximum atomic E-state index is 11.8. The van der Waals surface area contributed by atoms with E-state index < -0.39 is 5.91 Å². The number of rotatable bonds is 3. The van der Waals surface area contributed by atoms with Gasteiger partial charge in [0.15, 0.2) is 0 Å². The van der Waals surface area contributed by atoms with Gasteiger partial charge in [0.05, 0.1) is 15.6 Å². The van der Waals surface area contributed by atoms with Crippen LogP contribution in [0.3, 0.4) is 0 Å². The molecule has 2 rings (SSSR count). The van der Waals surface area contributed by atoms with Gasteiger partial charge >= 0.3 is 0 Å². The fraction of sp³-hybridized carbons (Fsp3) is 0. The van der Waals surface area contributed by atoms with E-state index in [1.807, 2.05) is 0 Å². The molecular weight excluding hydrogens is 289 g/mol. The summed E-state index contributed by atoms with van der Waals surface area (Å²) in [6.07, 6.45) is 1.49. The van der Waals surface area contributed by atoms with Gasteiger partial charge in [0.25, 0.3) is 5.91 Å². The van der Waals surface area contributed by atoms with Crippen LogP contribution in [0.15, 0.2) is 30.5 Å². The zero-order valence-corrected chi connectivity index (χ0v) is 11.0.